The summed E-state index contributed by atoms with van der Waals surface area (Å²) in [5.74, 6) is -0.154. The zero-order chi connectivity index (χ0) is 14.1. The van der Waals surface area contributed by atoms with Gasteiger partial charge >= 0.3 is 5.97 Å². The SMILES string of the molecule is CCCCCC[C@@H](CO)c1ccc(C(=O)OC)cc1. The van der Waals surface area contributed by atoms with Crippen LogP contribution in [0.1, 0.15) is 60.9 Å². The number of aliphatic hydroxyl groups is 1. The molecule has 0 radical (unpaired) electrons. The zero-order valence-corrected chi connectivity index (χ0v) is 11.9. The molecule has 1 aromatic rings. The van der Waals surface area contributed by atoms with Crippen molar-refractivity contribution in [2.24, 2.45) is 0 Å². The van der Waals surface area contributed by atoms with Gasteiger partial charge in [-0.15, -0.1) is 0 Å². The van der Waals surface area contributed by atoms with Crippen LogP contribution in [-0.2, 0) is 4.74 Å². The number of benzene rings is 1. The molecule has 3 heteroatoms. The Bertz CT molecular complexity index is 370. The Labute approximate surface area is 115 Å². The van der Waals surface area contributed by atoms with E-state index in [9.17, 15) is 9.90 Å². The molecular formula is C16H24O3. The number of esters is 1. The summed E-state index contributed by atoms with van der Waals surface area (Å²) < 4.78 is 4.67. The molecule has 1 aromatic carbocycles. The van der Waals surface area contributed by atoms with Crippen LogP contribution in [0.3, 0.4) is 0 Å². The zero-order valence-electron chi connectivity index (χ0n) is 11.9. The van der Waals surface area contributed by atoms with Crippen molar-refractivity contribution in [3.63, 3.8) is 0 Å². The minimum Gasteiger partial charge on any atom is -0.465 e. The van der Waals surface area contributed by atoms with Gasteiger partial charge in [-0.1, -0.05) is 44.7 Å². The number of rotatable bonds is 8. The summed E-state index contributed by atoms with van der Waals surface area (Å²) in [6, 6.07) is 7.34. The predicted molar refractivity (Wildman–Crippen MR) is 76.4 cm³/mol. The van der Waals surface area contributed by atoms with E-state index in [0.29, 0.717) is 5.56 Å². The Hall–Kier alpha value is -1.35. The maximum atomic E-state index is 11.3. The first-order valence-corrected chi connectivity index (χ1v) is 7.02. The second kappa shape index (κ2) is 8.70. The molecule has 3 nitrogen and oxygen atoms in total. The highest BCUT2D eigenvalue weighted by atomic mass is 16.5. The van der Waals surface area contributed by atoms with E-state index >= 15 is 0 Å². The number of methoxy groups -OCH3 is 1. The maximum Gasteiger partial charge on any atom is 0.337 e. The smallest absolute Gasteiger partial charge is 0.337 e. The Balaban J connectivity index is 2.58. The van der Waals surface area contributed by atoms with Crippen LogP contribution < -0.4 is 0 Å². The molecule has 1 N–H and O–H groups in total. The maximum absolute atomic E-state index is 11.3. The minimum absolute atomic E-state index is 0.156. The monoisotopic (exact) mass is 264 g/mol. The van der Waals surface area contributed by atoms with Gasteiger partial charge in [0.05, 0.1) is 12.7 Å². The number of aliphatic hydroxyl groups excluding tert-OH is 1. The number of unbranched alkanes of at least 4 members (excludes halogenated alkanes) is 3. The summed E-state index contributed by atoms with van der Waals surface area (Å²) in [4.78, 5) is 11.3. The number of carbonyl (C=O) groups excluding carboxylic acids is 1. The molecule has 0 fully saturated rings. The van der Waals surface area contributed by atoms with Crippen LogP contribution >= 0.6 is 0 Å². The molecule has 0 heterocycles. The quantitative estimate of drug-likeness (QED) is 0.577. The molecule has 0 saturated heterocycles. The summed E-state index contributed by atoms with van der Waals surface area (Å²) in [5, 5.41) is 9.47. The summed E-state index contributed by atoms with van der Waals surface area (Å²) in [7, 11) is 1.38. The first-order valence-electron chi connectivity index (χ1n) is 7.02. The number of hydrogen-bond acceptors (Lipinski definition) is 3. The molecule has 0 spiro atoms. The van der Waals surface area contributed by atoms with Crippen molar-refractivity contribution in [1.29, 1.82) is 0 Å². The van der Waals surface area contributed by atoms with Crippen molar-refractivity contribution in [1.82, 2.24) is 0 Å². The topological polar surface area (TPSA) is 46.5 Å². The van der Waals surface area contributed by atoms with Crippen LogP contribution in [0.2, 0.25) is 0 Å². The van der Waals surface area contributed by atoms with Crippen LogP contribution in [0, 0.1) is 0 Å². The summed E-state index contributed by atoms with van der Waals surface area (Å²) >= 11 is 0. The van der Waals surface area contributed by atoms with Crippen molar-refractivity contribution < 1.29 is 14.6 Å². The van der Waals surface area contributed by atoms with E-state index < -0.39 is 0 Å². The molecule has 0 amide bonds. The van der Waals surface area contributed by atoms with Crippen molar-refractivity contribution in [2.45, 2.75) is 44.9 Å². The van der Waals surface area contributed by atoms with E-state index in [1.807, 2.05) is 12.1 Å². The van der Waals surface area contributed by atoms with Gasteiger partial charge < -0.3 is 9.84 Å². The summed E-state index contributed by atoms with van der Waals surface area (Å²) in [5.41, 5.74) is 1.64. The first kappa shape index (κ1) is 15.7. The number of carbonyl (C=O) groups is 1. The van der Waals surface area contributed by atoms with E-state index in [1.165, 1.54) is 26.4 Å². The van der Waals surface area contributed by atoms with Crippen LogP contribution in [0.15, 0.2) is 24.3 Å². The van der Waals surface area contributed by atoms with Crippen molar-refractivity contribution in [2.75, 3.05) is 13.7 Å². The highest BCUT2D eigenvalue weighted by Gasteiger charge is 2.11. The Morgan fingerprint density at radius 1 is 1.21 bits per heavy atom. The molecule has 0 aromatic heterocycles. The van der Waals surface area contributed by atoms with E-state index in [4.69, 9.17) is 0 Å². The highest BCUT2D eigenvalue weighted by molar-refractivity contribution is 5.89. The van der Waals surface area contributed by atoms with E-state index in [2.05, 4.69) is 11.7 Å². The van der Waals surface area contributed by atoms with Gasteiger partial charge in [-0.05, 0) is 24.1 Å². The molecule has 0 saturated carbocycles. The molecule has 0 aliphatic heterocycles. The fraction of sp³-hybridized carbons (Fsp3) is 0.562. The van der Waals surface area contributed by atoms with Crippen molar-refractivity contribution in [3.8, 4) is 0 Å². The summed E-state index contributed by atoms with van der Waals surface area (Å²) in [6.45, 7) is 2.35. The number of hydrogen-bond donors (Lipinski definition) is 1. The molecule has 0 aliphatic carbocycles. The van der Waals surface area contributed by atoms with E-state index in [-0.39, 0.29) is 18.5 Å². The Morgan fingerprint density at radius 3 is 2.42 bits per heavy atom. The first-order chi connectivity index (χ1) is 9.22. The van der Waals surface area contributed by atoms with Crippen LogP contribution in [0.25, 0.3) is 0 Å². The summed E-state index contributed by atoms with van der Waals surface area (Å²) in [6.07, 6.45) is 5.82. The van der Waals surface area contributed by atoms with Gasteiger partial charge in [-0.2, -0.15) is 0 Å². The van der Waals surface area contributed by atoms with Gasteiger partial charge in [-0.25, -0.2) is 4.79 Å². The number of ether oxygens (including phenoxy) is 1. The average molecular weight is 264 g/mol. The lowest BCUT2D eigenvalue weighted by atomic mass is 9.93. The molecule has 0 bridgehead atoms. The lowest BCUT2D eigenvalue weighted by Crippen LogP contribution is -2.06. The molecule has 106 valence electrons. The van der Waals surface area contributed by atoms with Gasteiger partial charge in [0.15, 0.2) is 0 Å². The fourth-order valence-electron chi connectivity index (χ4n) is 2.19. The lowest BCUT2D eigenvalue weighted by Gasteiger charge is -2.14. The fourth-order valence-corrected chi connectivity index (χ4v) is 2.19. The highest BCUT2D eigenvalue weighted by Crippen LogP contribution is 2.22. The second-order valence-electron chi connectivity index (χ2n) is 4.84. The van der Waals surface area contributed by atoms with Crippen LogP contribution in [0.4, 0.5) is 0 Å². The van der Waals surface area contributed by atoms with Crippen LogP contribution in [-0.4, -0.2) is 24.8 Å². The van der Waals surface area contributed by atoms with E-state index in [1.54, 1.807) is 12.1 Å². The Morgan fingerprint density at radius 2 is 1.89 bits per heavy atom. The van der Waals surface area contributed by atoms with Gasteiger partial charge in [-0.3, -0.25) is 0 Å². The average Bonchev–Trinajstić information content (AvgIpc) is 2.47. The normalized spacial score (nSPS) is 12.2. The van der Waals surface area contributed by atoms with Crippen molar-refractivity contribution in [3.05, 3.63) is 35.4 Å². The third-order valence-corrected chi connectivity index (χ3v) is 3.43. The standard InChI is InChI=1S/C16H24O3/c1-3-4-5-6-7-15(12-17)13-8-10-14(11-9-13)16(18)19-2/h8-11,15,17H,3-7,12H2,1-2H3/t15-/m0/s1. The molecule has 0 aliphatic rings. The van der Waals surface area contributed by atoms with Crippen molar-refractivity contribution >= 4 is 5.97 Å². The molecule has 1 rings (SSSR count). The van der Waals surface area contributed by atoms with Gasteiger partial charge in [0.1, 0.15) is 0 Å². The third kappa shape index (κ3) is 5.03. The molecule has 19 heavy (non-hydrogen) atoms. The van der Waals surface area contributed by atoms with Gasteiger partial charge in [0, 0.05) is 12.5 Å². The van der Waals surface area contributed by atoms with Crippen LogP contribution in [0.5, 0.6) is 0 Å². The molecular weight excluding hydrogens is 240 g/mol. The van der Waals surface area contributed by atoms with Gasteiger partial charge in [0.2, 0.25) is 0 Å². The minimum atomic E-state index is -0.324. The Kier molecular flexibility index (Phi) is 7.19. The molecule has 0 unspecified atom stereocenters. The molecule has 1 atom stereocenters. The second-order valence-corrected chi connectivity index (χ2v) is 4.84. The third-order valence-electron chi connectivity index (χ3n) is 3.43. The largest absolute Gasteiger partial charge is 0.465 e. The van der Waals surface area contributed by atoms with E-state index in [0.717, 1.165) is 18.4 Å². The lowest BCUT2D eigenvalue weighted by molar-refractivity contribution is 0.0600. The van der Waals surface area contributed by atoms with Gasteiger partial charge in [0.25, 0.3) is 0 Å². The predicted octanol–water partition coefficient (Wildman–Crippen LogP) is 3.52.